The van der Waals surface area contributed by atoms with E-state index in [2.05, 4.69) is 5.32 Å². The number of rotatable bonds is 5. The molecule has 0 unspecified atom stereocenters. The summed E-state index contributed by atoms with van der Waals surface area (Å²) in [6.07, 6.45) is 0. The van der Waals surface area contributed by atoms with Crippen molar-refractivity contribution in [2.75, 3.05) is 17.7 Å². The number of thioether (sulfide) groups is 1. The first kappa shape index (κ1) is 16.7. The number of hydrogen-bond acceptors (Lipinski definition) is 3. The van der Waals surface area contributed by atoms with Gasteiger partial charge in [-0.3, -0.25) is 4.79 Å². The SMILES string of the molecule is O=C(Nc1ccc(F)c(Cl)c1)c1ccc(F)c(SCCO)c1. The van der Waals surface area contributed by atoms with Gasteiger partial charge in [0, 0.05) is 21.9 Å². The highest BCUT2D eigenvalue weighted by Gasteiger charge is 2.11. The van der Waals surface area contributed by atoms with Crippen LogP contribution in [0.1, 0.15) is 10.4 Å². The molecule has 0 heterocycles. The summed E-state index contributed by atoms with van der Waals surface area (Å²) in [5, 5.41) is 11.2. The fourth-order valence-corrected chi connectivity index (χ4v) is 2.60. The predicted octanol–water partition coefficient (Wildman–Crippen LogP) is 3.95. The van der Waals surface area contributed by atoms with Gasteiger partial charge in [-0.15, -0.1) is 11.8 Å². The number of benzene rings is 2. The standard InChI is InChI=1S/C15H12ClF2NO2S/c16-11-8-10(2-4-12(11)17)19-15(21)9-1-3-13(18)14(7-9)22-6-5-20/h1-4,7-8,20H,5-6H2,(H,19,21). The fraction of sp³-hybridized carbons (Fsp3) is 0.133. The number of aliphatic hydroxyl groups is 1. The molecule has 0 spiro atoms. The third kappa shape index (κ3) is 4.19. The second-order valence-electron chi connectivity index (χ2n) is 4.30. The Labute approximate surface area is 135 Å². The molecule has 116 valence electrons. The van der Waals surface area contributed by atoms with E-state index in [0.717, 1.165) is 17.8 Å². The molecule has 3 nitrogen and oxygen atoms in total. The van der Waals surface area contributed by atoms with Gasteiger partial charge in [0.25, 0.3) is 5.91 Å². The molecule has 0 aliphatic heterocycles. The highest BCUT2D eigenvalue weighted by molar-refractivity contribution is 7.99. The number of nitrogens with one attached hydrogen (secondary N) is 1. The predicted molar refractivity (Wildman–Crippen MR) is 83.6 cm³/mol. The highest BCUT2D eigenvalue weighted by atomic mass is 35.5. The molecule has 1 amide bonds. The second-order valence-corrected chi connectivity index (χ2v) is 5.84. The Morgan fingerprint density at radius 1 is 1.18 bits per heavy atom. The number of carbonyl (C=O) groups excluding carboxylic acids is 1. The number of anilines is 1. The van der Waals surface area contributed by atoms with Crippen LogP contribution in [0.3, 0.4) is 0 Å². The van der Waals surface area contributed by atoms with Crippen molar-refractivity contribution in [3.8, 4) is 0 Å². The Bertz CT molecular complexity index is 697. The van der Waals surface area contributed by atoms with Gasteiger partial charge in [-0.25, -0.2) is 8.78 Å². The number of amides is 1. The molecule has 0 radical (unpaired) electrons. The van der Waals surface area contributed by atoms with Gasteiger partial charge in [-0.1, -0.05) is 11.6 Å². The summed E-state index contributed by atoms with van der Waals surface area (Å²) in [5.41, 5.74) is 0.590. The summed E-state index contributed by atoms with van der Waals surface area (Å²) < 4.78 is 26.7. The molecule has 0 aliphatic carbocycles. The third-order valence-corrected chi connectivity index (χ3v) is 4.02. The van der Waals surface area contributed by atoms with Crippen LogP contribution in [0, 0.1) is 11.6 Å². The molecule has 2 rings (SSSR count). The van der Waals surface area contributed by atoms with Crippen molar-refractivity contribution < 1.29 is 18.7 Å². The number of hydrogen-bond donors (Lipinski definition) is 2. The molecule has 7 heteroatoms. The van der Waals surface area contributed by atoms with Crippen molar-refractivity contribution in [3.05, 3.63) is 58.6 Å². The first-order valence-electron chi connectivity index (χ1n) is 6.31. The lowest BCUT2D eigenvalue weighted by molar-refractivity contribution is 0.102. The van der Waals surface area contributed by atoms with Crippen LogP contribution >= 0.6 is 23.4 Å². The van der Waals surface area contributed by atoms with Crippen molar-refractivity contribution in [3.63, 3.8) is 0 Å². The van der Waals surface area contributed by atoms with Crippen molar-refractivity contribution in [2.45, 2.75) is 4.90 Å². The van der Waals surface area contributed by atoms with Crippen molar-refractivity contribution in [2.24, 2.45) is 0 Å². The van der Waals surface area contributed by atoms with Crippen LogP contribution in [-0.2, 0) is 0 Å². The first-order valence-corrected chi connectivity index (χ1v) is 7.67. The van der Waals surface area contributed by atoms with Gasteiger partial charge in [-0.05, 0) is 36.4 Å². The van der Waals surface area contributed by atoms with E-state index in [1.54, 1.807) is 0 Å². The van der Waals surface area contributed by atoms with E-state index < -0.39 is 17.5 Å². The lowest BCUT2D eigenvalue weighted by Gasteiger charge is -2.08. The summed E-state index contributed by atoms with van der Waals surface area (Å²) in [7, 11) is 0. The van der Waals surface area contributed by atoms with Crippen LogP contribution in [0.25, 0.3) is 0 Å². The minimum Gasteiger partial charge on any atom is -0.396 e. The van der Waals surface area contributed by atoms with Crippen LogP contribution in [0.15, 0.2) is 41.3 Å². The number of carbonyl (C=O) groups is 1. The Balaban J connectivity index is 2.16. The molecule has 0 atom stereocenters. The summed E-state index contributed by atoms with van der Waals surface area (Å²) in [6.45, 7) is -0.0887. The zero-order valence-corrected chi connectivity index (χ0v) is 12.8. The van der Waals surface area contributed by atoms with Gasteiger partial charge in [0.15, 0.2) is 0 Å². The Hall–Kier alpha value is -1.63. The first-order chi connectivity index (χ1) is 10.5. The van der Waals surface area contributed by atoms with E-state index in [0.29, 0.717) is 11.4 Å². The highest BCUT2D eigenvalue weighted by Crippen LogP contribution is 2.24. The molecule has 0 saturated carbocycles. The van der Waals surface area contributed by atoms with E-state index >= 15 is 0 Å². The average molecular weight is 344 g/mol. The van der Waals surface area contributed by atoms with Gasteiger partial charge >= 0.3 is 0 Å². The Morgan fingerprint density at radius 2 is 1.91 bits per heavy atom. The third-order valence-electron chi connectivity index (χ3n) is 2.72. The smallest absolute Gasteiger partial charge is 0.255 e. The lowest BCUT2D eigenvalue weighted by Crippen LogP contribution is -2.12. The maximum atomic E-state index is 13.6. The zero-order valence-electron chi connectivity index (χ0n) is 11.3. The van der Waals surface area contributed by atoms with E-state index in [1.165, 1.54) is 30.3 Å². The van der Waals surface area contributed by atoms with Crippen LogP contribution in [0.2, 0.25) is 5.02 Å². The molecule has 2 N–H and O–H groups in total. The quantitative estimate of drug-likeness (QED) is 0.808. The average Bonchev–Trinajstić information content (AvgIpc) is 2.50. The van der Waals surface area contributed by atoms with Crippen LogP contribution in [0.4, 0.5) is 14.5 Å². The lowest BCUT2D eigenvalue weighted by atomic mass is 10.2. The summed E-state index contributed by atoms with van der Waals surface area (Å²) >= 11 is 6.76. The van der Waals surface area contributed by atoms with Crippen molar-refractivity contribution in [1.82, 2.24) is 0 Å². The minimum absolute atomic E-state index is 0.0887. The molecule has 0 saturated heterocycles. The monoisotopic (exact) mass is 343 g/mol. The fourth-order valence-electron chi connectivity index (χ4n) is 1.69. The van der Waals surface area contributed by atoms with E-state index in [4.69, 9.17) is 16.7 Å². The number of halogens is 3. The topological polar surface area (TPSA) is 49.3 Å². The van der Waals surface area contributed by atoms with Crippen LogP contribution in [0.5, 0.6) is 0 Å². The van der Waals surface area contributed by atoms with Crippen molar-refractivity contribution in [1.29, 1.82) is 0 Å². The van der Waals surface area contributed by atoms with Gasteiger partial charge in [0.2, 0.25) is 0 Å². The maximum Gasteiger partial charge on any atom is 0.255 e. The molecule has 0 fully saturated rings. The van der Waals surface area contributed by atoms with Crippen LogP contribution < -0.4 is 5.32 Å². The van der Waals surface area contributed by atoms with Crippen molar-refractivity contribution >= 4 is 35.0 Å². The van der Waals surface area contributed by atoms with E-state index in [9.17, 15) is 13.6 Å². The molecule has 2 aromatic carbocycles. The van der Waals surface area contributed by atoms with Gasteiger partial charge in [0.05, 0.1) is 11.6 Å². The summed E-state index contributed by atoms with van der Waals surface area (Å²) in [5.74, 6) is -1.17. The maximum absolute atomic E-state index is 13.6. The van der Waals surface area contributed by atoms with E-state index in [-0.39, 0.29) is 22.1 Å². The second kappa shape index (κ2) is 7.58. The van der Waals surface area contributed by atoms with Crippen LogP contribution in [-0.4, -0.2) is 23.4 Å². The van der Waals surface area contributed by atoms with E-state index in [1.807, 2.05) is 0 Å². The molecular weight excluding hydrogens is 332 g/mol. The molecule has 0 bridgehead atoms. The van der Waals surface area contributed by atoms with Gasteiger partial charge in [0.1, 0.15) is 11.6 Å². The molecule has 0 aliphatic rings. The zero-order chi connectivity index (χ0) is 16.1. The molecule has 22 heavy (non-hydrogen) atoms. The summed E-state index contributed by atoms with van der Waals surface area (Å²) in [6, 6.07) is 7.75. The van der Waals surface area contributed by atoms with Gasteiger partial charge in [-0.2, -0.15) is 0 Å². The Kier molecular flexibility index (Phi) is 5.76. The molecule has 0 aromatic heterocycles. The Morgan fingerprint density at radius 3 is 2.59 bits per heavy atom. The largest absolute Gasteiger partial charge is 0.396 e. The molecule has 2 aromatic rings. The number of aliphatic hydroxyl groups excluding tert-OH is 1. The normalized spacial score (nSPS) is 10.5. The minimum atomic E-state index is -0.580. The molecular formula is C15H12ClF2NO2S. The van der Waals surface area contributed by atoms with Gasteiger partial charge < -0.3 is 10.4 Å². The summed E-state index contributed by atoms with van der Waals surface area (Å²) in [4.78, 5) is 12.4.